The Balaban J connectivity index is 2.34. The van der Waals surface area contributed by atoms with E-state index >= 15 is 0 Å². The van der Waals surface area contributed by atoms with Crippen molar-refractivity contribution in [1.82, 2.24) is 10.2 Å². The quantitative estimate of drug-likeness (QED) is 0.452. The molecule has 0 aromatic heterocycles. The van der Waals surface area contributed by atoms with Gasteiger partial charge in [-0.15, -0.1) is 0 Å². The summed E-state index contributed by atoms with van der Waals surface area (Å²) in [6, 6.07) is 0.416. The first-order valence-electron chi connectivity index (χ1n) is 3.31. The van der Waals surface area contributed by atoms with Crippen molar-refractivity contribution >= 4 is 0 Å². The molecular weight excluding hydrogens is 116 g/mol. The van der Waals surface area contributed by atoms with Gasteiger partial charge in [0.15, 0.2) is 0 Å². The molecule has 0 aromatic carbocycles. The predicted molar refractivity (Wildman–Crippen MR) is 36.1 cm³/mol. The zero-order chi connectivity index (χ0) is 6.85. The van der Waals surface area contributed by atoms with Crippen molar-refractivity contribution in [1.29, 1.82) is 0 Å². The van der Waals surface area contributed by atoms with Crippen molar-refractivity contribution in [3.8, 4) is 0 Å². The monoisotopic (exact) mass is 130 g/mol. The molecule has 2 N–H and O–H groups in total. The van der Waals surface area contributed by atoms with Crippen LogP contribution in [-0.2, 0) is 0 Å². The molecule has 0 bridgehead atoms. The zero-order valence-corrected chi connectivity index (χ0v) is 5.96. The van der Waals surface area contributed by atoms with E-state index in [0.717, 1.165) is 13.1 Å². The van der Waals surface area contributed by atoms with Crippen LogP contribution in [0.1, 0.15) is 6.92 Å². The number of aliphatic hydroxyl groups is 1. The van der Waals surface area contributed by atoms with Crippen LogP contribution in [0.15, 0.2) is 0 Å². The molecule has 0 amide bonds. The number of rotatable bonds is 0. The molecule has 0 saturated carbocycles. The lowest BCUT2D eigenvalue weighted by atomic mass is 10.2. The highest BCUT2D eigenvalue weighted by Gasteiger charge is 2.18. The maximum Gasteiger partial charge on any atom is 0.117 e. The molecule has 9 heavy (non-hydrogen) atoms. The number of hydrogen-bond acceptors (Lipinski definition) is 3. The Bertz CT molecular complexity index is 72.0. The Kier molecular flexibility index (Phi) is 2.05. The highest BCUT2D eigenvalue weighted by molar-refractivity contribution is 4.74. The molecule has 1 aliphatic heterocycles. The van der Waals surface area contributed by atoms with E-state index in [0.29, 0.717) is 6.04 Å². The molecule has 1 saturated heterocycles. The largest absolute Gasteiger partial charge is 0.377 e. The van der Waals surface area contributed by atoms with Gasteiger partial charge in [0.25, 0.3) is 0 Å². The van der Waals surface area contributed by atoms with E-state index in [4.69, 9.17) is 5.11 Å². The Morgan fingerprint density at radius 3 is 2.67 bits per heavy atom. The second-order valence-electron chi connectivity index (χ2n) is 2.80. The molecule has 3 nitrogen and oxygen atoms in total. The summed E-state index contributed by atoms with van der Waals surface area (Å²) in [5, 5.41) is 12.1. The van der Waals surface area contributed by atoms with Crippen molar-refractivity contribution in [3.05, 3.63) is 0 Å². The molecule has 3 heteroatoms. The summed E-state index contributed by atoms with van der Waals surface area (Å²) < 4.78 is 0. The molecule has 1 rings (SSSR count). The third-order valence-corrected chi connectivity index (χ3v) is 1.55. The average Bonchev–Trinajstić information content (AvgIpc) is 1.59. The summed E-state index contributed by atoms with van der Waals surface area (Å²) >= 11 is 0. The smallest absolute Gasteiger partial charge is 0.117 e. The SMILES string of the molecule is CC1CN(C)CC(O)N1. The molecular formula is C6H14N2O. The fraction of sp³-hybridized carbons (Fsp3) is 1.00. The predicted octanol–water partition coefficient (Wildman–Crippen LogP) is -0.772. The van der Waals surface area contributed by atoms with Crippen molar-refractivity contribution in [2.45, 2.75) is 19.2 Å². The standard InChI is InChI=1S/C6H14N2O/c1-5-3-8(2)4-6(9)7-5/h5-7,9H,3-4H2,1-2H3. The van der Waals surface area contributed by atoms with Crippen LogP contribution in [0.25, 0.3) is 0 Å². The minimum atomic E-state index is -0.334. The number of hydrogen-bond donors (Lipinski definition) is 2. The van der Waals surface area contributed by atoms with Crippen molar-refractivity contribution < 1.29 is 5.11 Å². The van der Waals surface area contributed by atoms with E-state index in [1.54, 1.807) is 0 Å². The number of nitrogens with zero attached hydrogens (tertiary/aromatic N) is 1. The minimum Gasteiger partial charge on any atom is -0.377 e. The van der Waals surface area contributed by atoms with Crippen molar-refractivity contribution in [3.63, 3.8) is 0 Å². The maximum absolute atomic E-state index is 9.10. The van der Waals surface area contributed by atoms with Crippen LogP contribution in [0, 0.1) is 0 Å². The van der Waals surface area contributed by atoms with Crippen LogP contribution >= 0.6 is 0 Å². The molecule has 1 heterocycles. The lowest BCUT2D eigenvalue weighted by Gasteiger charge is -2.32. The van der Waals surface area contributed by atoms with E-state index < -0.39 is 0 Å². The molecule has 0 aromatic rings. The highest BCUT2D eigenvalue weighted by Crippen LogP contribution is 1.97. The fourth-order valence-electron chi connectivity index (χ4n) is 1.27. The van der Waals surface area contributed by atoms with Crippen LogP contribution in [0.4, 0.5) is 0 Å². The lowest BCUT2D eigenvalue weighted by molar-refractivity contribution is 0.0470. The molecule has 54 valence electrons. The number of likely N-dealkylation sites (N-methyl/N-ethyl adjacent to an activating group) is 1. The Labute approximate surface area is 55.7 Å². The molecule has 0 radical (unpaired) electrons. The molecule has 2 atom stereocenters. The zero-order valence-electron chi connectivity index (χ0n) is 5.96. The fourth-order valence-corrected chi connectivity index (χ4v) is 1.27. The van der Waals surface area contributed by atoms with Crippen LogP contribution in [0.2, 0.25) is 0 Å². The van der Waals surface area contributed by atoms with Gasteiger partial charge in [-0.05, 0) is 14.0 Å². The first-order chi connectivity index (χ1) is 4.18. The Hall–Kier alpha value is -0.120. The van der Waals surface area contributed by atoms with Crippen LogP contribution in [0.5, 0.6) is 0 Å². The van der Waals surface area contributed by atoms with Crippen molar-refractivity contribution in [2.24, 2.45) is 0 Å². The highest BCUT2D eigenvalue weighted by atomic mass is 16.3. The van der Waals surface area contributed by atoms with Gasteiger partial charge in [-0.3, -0.25) is 5.32 Å². The van der Waals surface area contributed by atoms with E-state index in [2.05, 4.69) is 17.1 Å². The summed E-state index contributed by atoms with van der Waals surface area (Å²) in [6.45, 7) is 3.83. The summed E-state index contributed by atoms with van der Waals surface area (Å²) in [6.07, 6.45) is -0.334. The second-order valence-corrected chi connectivity index (χ2v) is 2.80. The third kappa shape index (κ3) is 1.93. The van der Waals surface area contributed by atoms with E-state index in [9.17, 15) is 0 Å². The normalized spacial score (nSPS) is 39.0. The Morgan fingerprint density at radius 1 is 1.56 bits per heavy atom. The minimum absolute atomic E-state index is 0.334. The van der Waals surface area contributed by atoms with Gasteiger partial charge in [-0.25, -0.2) is 0 Å². The molecule has 0 spiro atoms. The van der Waals surface area contributed by atoms with Crippen LogP contribution in [-0.4, -0.2) is 42.4 Å². The Morgan fingerprint density at radius 2 is 2.22 bits per heavy atom. The molecule has 1 fully saturated rings. The van der Waals surface area contributed by atoms with Crippen LogP contribution < -0.4 is 5.32 Å². The number of aliphatic hydroxyl groups excluding tert-OH is 1. The average molecular weight is 130 g/mol. The number of piperazine rings is 1. The summed E-state index contributed by atoms with van der Waals surface area (Å²) in [4.78, 5) is 2.12. The summed E-state index contributed by atoms with van der Waals surface area (Å²) in [5.74, 6) is 0. The maximum atomic E-state index is 9.10. The van der Waals surface area contributed by atoms with Crippen LogP contribution in [0.3, 0.4) is 0 Å². The first kappa shape index (κ1) is 6.99. The van der Waals surface area contributed by atoms with Gasteiger partial charge in [-0.1, -0.05) is 0 Å². The van der Waals surface area contributed by atoms with Gasteiger partial charge < -0.3 is 10.0 Å². The molecule has 1 aliphatic rings. The summed E-state index contributed by atoms with van der Waals surface area (Å²) in [5.41, 5.74) is 0. The third-order valence-electron chi connectivity index (χ3n) is 1.55. The number of nitrogens with one attached hydrogen (secondary N) is 1. The topological polar surface area (TPSA) is 35.5 Å². The van der Waals surface area contributed by atoms with Gasteiger partial charge in [0.05, 0.1) is 0 Å². The molecule has 2 unspecified atom stereocenters. The lowest BCUT2D eigenvalue weighted by Crippen LogP contribution is -2.53. The first-order valence-corrected chi connectivity index (χ1v) is 3.31. The summed E-state index contributed by atoms with van der Waals surface area (Å²) in [7, 11) is 2.01. The van der Waals surface area contributed by atoms with E-state index in [-0.39, 0.29) is 6.23 Å². The van der Waals surface area contributed by atoms with E-state index in [1.165, 1.54) is 0 Å². The second kappa shape index (κ2) is 2.64. The van der Waals surface area contributed by atoms with E-state index in [1.807, 2.05) is 7.05 Å². The van der Waals surface area contributed by atoms with Gasteiger partial charge >= 0.3 is 0 Å². The van der Waals surface area contributed by atoms with Gasteiger partial charge in [-0.2, -0.15) is 0 Å². The van der Waals surface area contributed by atoms with Gasteiger partial charge in [0.1, 0.15) is 6.23 Å². The van der Waals surface area contributed by atoms with Gasteiger partial charge in [0, 0.05) is 19.1 Å². The van der Waals surface area contributed by atoms with Gasteiger partial charge in [0.2, 0.25) is 0 Å². The molecule has 0 aliphatic carbocycles. The van der Waals surface area contributed by atoms with Crippen molar-refractivity contribution in [2.75, 3.05) is 20.1 Å². The number of β-amino-alcohol motifs (C(OH)–C–C–N with tert-alkyl or cyclic N) is 1.